The molecule has 0 fully saturated rings. The summed E-state index contributed by atoms with van der Waals surface area (Å²) >= 11 is 1.75. The average molecular weight is 308 g/mol. The molecule has 0 atom stereocenters. The summed E-state index contributed by atoms with van der Waals surface area (Å²) in [5.74, 6) is 1.08. The second-order valence-corrected chi connectivity index (χ2v) is 5.39. The molecule has 3 rings (SSSR count). The number of para-hydroxylation sites is 2. The molecule has 5 heteroatoms. The number of nitrogens with zero attached hydrogens (tertiary/aromatic N) is 1. The summed E-state index contributed by atoms with van der Waals surface area (Å²) in [6, 6.07) is 10.3. The lowest BCUT2D eigenvalue weighted by Gasteiger charge is -2.01. The molecule has 0 aliphatic rings. The van der Waals surface area contributed by atoms with Crippen molar-refractivity contribution < 1.29 is 0 Å². The zero-order valence-electron chi connectivity index (χ0n) is 11.1. The van der Waals surface area contributed by atoms with E-state index in [1.807, 2.05) is 18.2 Å². The number of imidazole rings is 1. The van der Waals surface area contributed by atoms with Crippen molar-refractivity contribution in [3.05, 3.63) is 52.5 Å². The molecule has 2 heterocycles. The second kappa shape index (κ2) is 7.43. The van der Waals surface area contributed by atoms with Crippen LogP contribution in [0.2, 0.25) is 0 Å². The van der Waals surface area contributed by atoms with Crippen LogP contribution in [0, 0.1) is 0 Å². The number of benzene rings is 1. The van der Waals surface area contributed by atoms with Gasteiger partial charge in [-0.2, -0.15) is 11.3 Å². The van der Waals surface area contributed by atoms with Gasteiger partial charge in [-0.05, 0) is 47.5 Å². The van der Waals surface area contributed by atoms with E-state index in [-0.39, 0.29) is 12.4 Å². The van der Waals surface area contributed by atoms with Gasteiger partial charge < -0.3 is 10.3 Å². The monoisotopic (exact) mass is 307 g/mol. The molecule has 0 bridgehead atoms. The fourth-order valence-electron chi connectivity index (χ4n) is 2.13. The maximum absolute atomic E-state index is 4.58. The number of fused-ring (bicyclic) bond motifs is 1. The Morgan fingerprint density at radius 1 is 1.20 bits per heavy atom. The van der Waals surface area contributed by atoms with E-state index in [2.05, 4.69) is 38.2 Å². The summed E-state index contributed by atoms with van der Waals surface area (Å²) in [6.07, 6.45) is 2.09. The Kier molecular flexibility index (Phi) is 5.59. The Bertz CT molecular complexity index is 600. The summed E-state index contributed by atoms with van der Waals surface area (Å²) in [6.45, 7) is 1.98. The van der Waals surface area contributed by atoms with Gasteiger partial charge in [0.15, 0.2) is 0 Å². The molecule has 0 aliphatic heterocycles. The van der Waals surface area contributed by atoms with Crippen molar-refractivity contribution in [2.75, 3.05) is 6.54 Å². The molecule has 0 amide bonds. The largest absolute Gasteiger partial charge is 0.342 e. The van der Waals surface area contributed by atoms with Crippen molar-refractivity contribution in [2.45, 2.75) is 19.4 Å². The number of H-pyrrole nitrogens is 1. The van der Waals surface area contributed by atoms with Gasteiger partial charge in [-0.15, -0.1) is 12.4 Å². The predicted octanol–water partition coefficient (Wildman–Crippen LogP) is 3.77. The molecule has 0 unspecified atom stereocenters. The predicted molar refractivity (Wildman–Crippen MR) is 87.7 cm³/mol. The summed E-state index contributed by atoms with van der Waals surface area (Å²) in [5, 5.41) is 7.76. The number of aromatic amines is 1. The van der Waals surface area contributed by atoms with Gasteiger partial charge in [-0.3, -0.25) is 0 Å². The Balaban J connectivity index is 0.00000147. The van der Waals surface area contributed by atoms with Gasteiger partial charge >= 0.3 is 0 Å². The van der Waals surface area contributed by atoms with Gasteiger partial charge in [-0.1, -0.05) is 12.1 Å². The van der Waals surface area contributed by atoms with Crippen LogP contribution in [0.3, 0.4) is 0 Å². The van der Waals surface area contributed by atoms with Crippen LogP contribution in [0.1, 0.15) is 17.8 Å². The van der Waals surface area contributed by atoms with Crippen LogP contribution in [0.5, 0.6) is 0 Å². The summed E-state index contributed by atoms with van der Waals surface area (Å²) in [5.41, 5.74) is 3.56. The lowest BCUT2D eigenvalue weighted by molar-refractivity contribution is 0.642. The minimum Gasteiger partial charge on any atom is -0.342 e. The molecule has 2 N–H and O–H groups in total. The van der Waals surface area contributed by atoms with Crippen molar-refractivity contribution >= 4 is 34.8 Å². The highest BCUT2D eigenvalue weighted by atomic mass is 35.5. The van der Waals surface area contributed by atoms with Crippen LogP contribution < -0.4 is 5.32 Å². The Labute approximate surface area is 128 Å². The molecule has 0 radical (unpaired) electrons. The van der Waals surface area contributed by atoms with Crippen LogP contribution >= 0.6 is 23.7 Å². The minimum atomic E-state index is 0. The Hall–Kier alpha value is -1.36. The summed E-state index contributed by atoms with van der Waals surface area (Å²) < 4.78 is 0. The molecule has 20 heavy (non-hydrogen) atoms. The molecule has 106 valence electrons. The third kappa shape index (κ3) is 3.82. The van der Waals surface area contributed by atoms with Gasteiger partial charge in [0.05, 0.1) is 11.0 Å². The van der Waals surface area contributed by atoms with E-state index in [0.717, 1.165) is 42.8 Å². The van der Waals surface area contributed by atoms with Crippen LogP contribution in [0.15, 0.2) is 41.1 Å². The lowest BCUT2D eigenvalue weighted by Crippen LogP contribution is -2.15. The van der Waals surface area contributed by atoms with E-state index < -0.39 is 0 Å². The van der Waals surface area contributed by atoms with Crippen molar-refractivity contribution in [1.29, 1.82) is 0 Å². The number of aromatic nitrogens is 2. The van der Waals surface area contributed by atoms with Gasteiger partial charge in [-0.25, -0.2) is 4.98 Å². The number of nitrogens with one attached hydrogen (secondary N) is 2. The molecule has 0 saturated heterocycles. The smallest absolute Gasteiger partial charge is 0.107 e. The number of halogens is 1. The van der Waals surface area contributed by atoms with Crippen LogP contribution in [-0.4, -0.2) is 16.5 Å². The van der Waals surface area contributed by atoms with E-state index >= 15 is 0 Å². The van der Waals surface area contributed by atoms with Crippen molar-refractivity contribution in [3.8, 4) is 0 Å². The first-order valence-electron chi connectivity index (χ1n) is 6.57. The normalized spacial score (nSPS) is 10.6. The number of hydrogen-bond donors (Lipinski definition) is 2. The quantitative estimate of drug-likeness (QED) is 0.681. The molecule has 0 saturated carbocycles. The molecule has 2 aromatic heterocycles. The van der Waals surface area contributed by atoms with E-state index in [9.17, 15) is 0 Å². The van der Waals surface area contributed by atoms with Gasteiger partial charge in [0.1, 0.15) is 5.82 Å². The highest BCUT2D eigenvalue weighted by molar-refractivity contribution is 7.07. The number of hydrogen-bond acceptors (Lipinski definition) is 3. The molecule has 0 spiro atoms. The molecule has 0 aliphatic carbocycles. The van der Waals surface area contributed by atoms with Crippen molar-refractivity contribution in [3.63, 3.8) is 0 Å². The third-order valence-corrected chi connectivity index (χ3v) is 3.85. The molecular formula is C15H18ClN3S. The first-order valence-corrected chi connectivity index (χ1v) is 7.51. The molecular weight excluding hydrogens is 290 g/mol. The van der Waals surface area contributed by atoms with E-state index in [1.54, 1.807) is 11.3 Å². The average Bonchev–Trinajstić information content (AvgIpc) is 3.06. The van der Waals surface area contributed by atoms with E-state index in [4.69, 9.17) is 0 Å². The zero-order valence-corrected chi connectivity index (χ0v) is 12.8. The number of rotatable bonds is 6. The number of thiophene rings is 1. The number of aryl methyl sites for hydroxylation is 1. The van der Waals surface area contributed by atoms with Crippen molar-refractivity contribution in [2.24, 2.45) is 0 Å². The fraction of sp³-hybridized carbons (Fsp3) is 0.267. The standard InChI is InChI=1S/C15H17N3S.ClH/c1-2-5-14-13(4-1)17-15(18-14)6-3-8-16-10-12-7-9-19-11-12;/h1-2,4-5,7,9,11,16H,3,6,8,10H2,(H,17,18);1H. The van der Waals surface area contributed by atoms with E-state index in [0.29, 0.717) is 0 Å². The minimum absolute atomic E-state index is 0. The molecule has 3 aromatic rings. The SMILES string of the molecule is Cl.c1ccc2[nH]c(CCCNCc3ccsc3)nc2c1. The highest BCUT2D eigenvalue weighted by Crippen LogP contribution is 2.11. The first-order chi connectivity index (χ1) is 9.42. The molecule has 3 nitrogen and oxygen atoms in total. The third-order valence-electron chi connectivity index (χ3n) is 3.11. The van der Waals surface area contributed by atoms with E-state index in [1.165, 1.54) is 5.56 Å². The molecule has 1 aromatic carbocycles. The second-order valence-electron chi connectivity index (χ2n) is 4.61. The first kappa shape index (κ1) is 15.0. The highest BCUT2D eigenvalue weighted by Gasteiger charge is 2.01. The van der Waals surface area contributed by atoms with Gasteiger partial charge in [0.25, 0.3) is 0 Å². The zero-order chi connectivity index (χ0) is 12.9. The Morgan fingerprint density at radius 2 is 2.10 bits per heavy atom. The van der Waals surface area contributed by atoms with Crippen molar-refractivity contribution in [1.82, 2.24) is 15.3 Å². The maximum atomic E-state index is 4.58. The van der Waals surface area contributed by atoms with Crippen LogP contribution in [0.25, 0.3) is 11.0 Å². The fourth-order valence-corrected chi connectivity index (χ4v) is 2.80. The van der Waals surface area contributed by atoms with Gasteiger partial charge in [0.2, 0.25) is 0 Å². The summed E-state index contributed by atoms with van der Waals surface area (Å²) in [4.78, 5) is 7.94. The maximum Gasteiger partial charge on any atom is 0.107 e. The van der Waals surface area contributed by atoms with Gasteiger partial charge in [0, 0.05) is 13.0 Å². The lowest BCUT2D eigenvalue weighted by atomic mass is 10.3. The van der Waals surface area contributed by atoms with Crippen LogP contribution in [-0.2, 0) is 13.0 Å². The van der Waals surface area contributed by atoms with Crippen LogP contribution in [0.4, 0.5) is 0 Å². The topological polar surface area (TPSA) is 40.7 Å². The summed E-state index contributed by atoms with van der Waals surface area (Å²) in [7, 11) is 0. The Morgan fingerprint density at radius 3 is 2.90 bits per heavy atom.